The molecule has 0 aromatic heterocycles. The second-order valence-electron chi connectivity index (χ2n) is 3.89. The van der Waals surface area contributed by atoms with Gasteiger partial charge in [-0.25, -0.2) is 0 Å². The lowest BCUT2D eigenvalue weighted by atomic mass is 10.1. The van der Waals surface area contributed by atoms with Crippen LogP contribution in [0.25, 0.3) is 0 Å². The monoisotopic (exact) mass is 221 g/mol. The molecule has 1 aliphatic carbocycles. The summed E-state index contributed by atoms with van der Waals surface area (Å²) >= 11 is 3.91. The van der Waals surface area contributed by atoms with Gasteiger partial charge in [-0.2, -0.15) is 12.6 Å². The van der Waals surface area contributed by atoms with Gasteiger partial charge >= 0.3 is 0 Å². The van der Waals surface area contributed by atoms with E-state index < -0.39 is 0 Å². The number of carbonyl (C=O) groups is 1. The molecule has 0 atom stereocenters. The SMILES string of the molecule is O=C(CS)NCc1ccc2c(c1)CCC2. The van der Waals surface area contributed by atoms with Crippen LogP contribution in [0.3, 0.4) is 0 Å². The maximum absolute atomic E-state index is 11.0. The third-order valence-corrected chi connectivity index (χ3v) is 3.08. The van der Waals surface area contributed by atoms with Crippen molar-refractivity contribution in [3.8, 4) is 0 Å². The molecule has 0 bridgehead atoms. The Balaban J connectivity index is 2.01. The molecule has 0 spiro atoms. The Morgan fingerprint density at radius 2 is 2.13 bits per heavy atom. The molecular weight excluding hydrogens is 206 g/mol. The second kappa shape index (κ2) is 4.71. The van der Waals surface area contributed by atoms with Crippen LogP contribution in [0, 0.1) is 0 Å². The summed E-state index contributed by atoms with van der Waals surface area (Å²) in [6.07, 6.45) is 3.66. The van der Waals surface area contributed by atoms with Gasteiger partial charge in [0.25, 0.3) is 0 Å². The molecule has 0 unspecified atom stereocenters. The molecule has 0 heterocycles. The molecule has 1 aromatic rings. The summed E-state index contributed by atoms with van der Waals surface area (Å²) in [7, 11) is 0. The Morgan fingerprint density at radius 3 is 2.93 bits per heavy atom. The van der Waals surface area contributed by atoms with Gasteiger partial charge in [-0.15, -0.1) is 0 Å². The third-order valence-electron chi connectivity index (χ3n) is 2.80. The number of hydrogen-bond donors (Lipinski definition) is 2. The first kappa shape index (κ1) is 10.6. The zero-order valence-electron chi connectivity index (χ0n) is 8.62. The zero-order valence-corrected chi connectivity index (χ0v) is 9.52. The van der Waals surface area contributed by atoms with Crippen LogP contribution in [0.1, 0.15) is 23.1 Å². The Morgan fingerprint density at radius 1 is 1.33 bits per heavy atom. The number of hydrogen-bond acceptors (Lipinski definition) is 2. The summed E-state index contributed by atoms with van der Waals surface area (Å²) in [6.45, 7) is 0.618. The van der Waals surface area contributed by atoms with Crippen molar-refractivity contribution in [3.63, 3.8) is 0 Å². The van der Waals surface area contributed by atoms with Crippen molar-refractivity contribution in [2.75, 3.05) is 5.75 Å². The van der Waals surface area contributed by atoms with Crippen LogP contribution in [0.15, 0.2) is 18.2 Å². The molecule has 1 aliphatic rings. The van der Waals surface area contributed by atoms with Gasteiger partial charge in [0.05, 0.1) is 5.75 Å². The van der Waals surface area contributed by atoms with E-state index in [0.717, 1.165) is 0 Å². The zero-order chi connectivity index (χ0) is 10.7. The van der Waals surface area contributed by atoms with Crippen molar-refractivity contribution >= 4 is 18.5 Å². The van der Waals surface area contributed by atoms with Crippen LogP contribution < -0.4 is 5.32 Å². The van der Waals surface area contributed by atoms with Crippen molar-refractivity contribution in [2.24, 2.45) is 0 Å². The molecule has 1 N–H and O–H groups in total. The predicted octanol–water partition coefficient (Wildman–Crippen LogP) is 1.72. The summed E-state index contributed by atoms with van der Waals surface area (Å²) < 4.78 is 0. The number of amides is 1. The number of nitrogens with one attached hydrogen (secondary N) is 1. The fourth-order valence-corrected chi connectivity index (χ4v) is 2.10. The third kappa shape index (κ3) is 2.53. The van der Waals surface area contributed by atoms with Crippen LogP contribution in [-0.4, -0.2) is 11.7 Å². The molecule has 1 aromatic carbocycles. The van der Waals surface area contributed by atoms with Crippen LogP contribution in [0.4, 0.5) is 0 Å². The van der Waals surface area contributed by atoms with Gasteiger partial charge in [0.2, 0.25) is 5.91 Å². The van der Waals surface area contributed by atoms with E-state index in [1.807, 2.05) is 0 Å². The normalized spacial score (nSPS) is 13.7. The van der Waals surface area contributed by atoms with Crippen molar-refractivity contribution < 1.29 is 4.79 Å². The molecule has 2 nitrogen and oxygen atoms in total. The van der Waals surface area contributed by atoms with Crippen LogP contribution in [0.5, 0.6) is 0 Å². The summed E-state index contributed by atoms with van der Waals surface area (Å²) in [4.78, 5) is 11.0. The number of rotatable bonds is 3. The lowest BCUT2D eigenvalue weighted by Crippen LogP contribution is -2.23. The molecule has 0 saturated heterocycles. The van der Waals surface area contributed by atoms with E-state index in [1.54, 1.807) is 0 Å². The van der Waals surface area contributed by atoms with Crippen LogP contribution in [0.2, 0.25) is 0 Å². The first-order valence-electron chi connectivity index (χ1n) is 5.28. The molecule has 0 radical (unpaired) electrons. The Kier molecular flexibility index (Phi) is 3.31. The van der Waals surface area contributed by atoms with Crippen LogP contribution in [-0.2, 0) is 24.2 Å². The lowest BCUT2D eigenvalue weighted by Gasteiger charge is -2.06. The highest BCUT2D eigenvalue weighted by atomic mass is 32.1. The number of fused-ring (bicyclic) bond motifs is 1. The second-order valence-corrected chi connectivity index (χ2v) is 4.21. The summed E-state index contributed by atoms with van der Waals surface area (Å²) in [6, 6.07) is 6.49. The molecule has 2 rings (SSSR count). The quantitative estimate of drug-likeness (QED) is 0.748. The van der Waals surface area contributed by atoms with Gasteiger partial charge in [-0.05, 0) is 36.0 Å². The molecule has 15 heavy (non-hydrogen) atoms. The minimum Gasteiger partial charge on any atom is -0.351 e. The van der Waals surface area contributed by atoms with E-state index in [-0.39, 0.29) is 11.7 Å². The van der Waals surface area contributed by atoms with Gasteiger partial charge in [0.15, 0.2) is 0 Å². The van der Waals surface area contributed by atoms with E-state index in [9.17, 15) is 4.79 Å². The molecule has 3 heteroatoms. The fourth-order valence-electron chi connectivity index (χ4n) is 1.99. The predicted molar refractivity (Wildman–Crippen MR) is 64.2 cm³/mol. The average Bonchev–Trinajstić information content (AvgIpc) is 2.72. The van der Waals surface area contributed by atoms with Crippen molar-refractivity contribution in [2.45, 2.75) is 25.8 Å². The summed E-state index contributed by atoms with van der Waals surface area (Å²) in [5.41, 5.74) is 4.11. The van der Waals surface area contributed by atoms with E-state index in [2.05, 4.69) is 36.1 Å². The largest absolute Gasteiger partial charge is 0.351 e. The van der Waals surface area contributed by atoms with Gasteiger partial charge in [-0.1, -0.05) is 18.2 Å². The van der Waals surface area contributed by atoms with Gasteiger partial charge in [-0.3, -0.25) is 4.79 Å². The average molecular weight is 221 g/mol. The number of aryl methyl sites for hydroxylation is 2. The van der Waals surface area contributed by atoms with Crippen molar-refractivity contribution in [1.82, 2.24) is 5.32 Å². The standard InChI is InChI=1S/C12H15NOS/c14-12(8-15)13-7-9-4-5-10-2-1-3-11(10)6-9/h4-6,15H,1-3,7-8H2,(H,13,14). The highest BCUT2D eigenvalue weighted by Gasteiger charge is 2.10. The lowest BCUT2D eigenvalue weighted by molar-refractivity contribution is -0.118. The van der Waals surface area contributed by atoms with Gasteiger partial charge in [0, 0.05) is 6.54 Å². The highest BCUT2D eigenvalue weighted by Crippen LogP contribution is 2.22. The van der Waals surface area contributed by atoms with E-state index in [4.69, 9.17) is 0 Å². The minimum atomic E-state index is -0.0150. The van der Waals surface area contributed by atoms with E-state index >= 15 is 0 Å². The molecule has 0 aliphatic heterocycles. The topological polar surface area (TPSA) is 29.1 Å². The smallest absolute Gasteiger partial charge is 0.229 e. The summed E-state index contributed by atoms with van der Waals surface area (Å²) in [5.74, 6) is 0.240. The molecular formula is C12H15NOS. The fraction of sp³-hybridized carbons (Fsp3) is 0.417. The minimum absolute atomic E-state index is 0.0150. The van der Waals surface area contributed by atoms with Gasteiger partial charge < -0.3 is 5.32 Å². The van der Waals surface area contributed by atoms with Gasteiger partial charge in [0.1, 0.15) is 0 Å². The van der Waals surface area contributed by atoms with Crippen LogP contribution >= 0.6 is 12.6 Å². The van der Waals surface area contributed by atoms with E-state index in [1.165, 1.54) is 36.0 Å². The molecule has 1 amide bonds. The van der Waals surface area contributed by atoms with Crippen molar-refractivity contribution in [1.29, 1.82) is 0 Å². The van der Waals surface area contributed by atoms with Crippen molar-refractivity contribution in [3.05, 3.63) is 34.9 Å². The maximum atomic E-state index is 11.0. The Hall–Kier alpha value is -0.960. The number of carbonyl (C=O) groups excluding carboxylic acids is 1. The maximum Gasteiger partial charge on any atom is 0.229 e. The number of thiol groups is 1. The highest BCUT2D eigenvalue weighted by molar-refractivity contribution is 7.81. The number of benzene rings is 1. The molecule has 0 fully saturated rings. The summed E-state index contributed by atoms with van der Waals surface area (Å²) in [5, 5.41) is 2.82. The molecule has 80 valence electrons. The van der Waals surface area contributed by atoms with E-state index in [0.29, 0.717) is 6.54 Å². The first-order chi connectivity index (χ1) is 7.29. The Labute approximate surface area is 95.5 Å². The molecule has 0 saturated carbocycles. The first-order valence-corrected chi connectivity index (χ1v) is 5.91. The Bertz CT molecular complexity index is 376.